The lowest BCUT2D eigenvalue weighted by atomic mass is 10.2. The van der Waals surface area contributed by atoms with E-state index < -0.39 is 0 Å². The molecule has 0 aromatic heterocycles. The van der Waals surface area contributed by atoms with Crippen LogP contribution >= 0.6 is 0 Å². The van der Waals surface area contributed by atoms with E-state index in [0.29, 0.717) is 6.61 Å². The van der Waals surface area contributed by atoms with Crippen molar-refractivity contribution in [1.29, 1.82) is 0 Å². The van der Waals surface area contributed by atoms with E-state index in [1.807, 2.05) is 31.2 Å². The highest BCUT2D eigenvalue weighted by Gasteiger charge is 2.05. The summed E-state index contributed by atoms with van der Waals surface area (Å²) in [4.78, 5) is 0. The molecule has 4 heteroatoms. The lowest BCUT2D eigenvalue weighted by molar-refractivity contribution is 0.210. The van der Waals surface area contributed by atoms with Crippen LogP contribution in [-0.2, 0) is 0 Å². The van der Waals surface area contributed by atoms with Crippen molar-refractivity contribution in [3.8, 4) is 11.5 Å². The van der Waals surface area contributed by atoms with Crippen LogP contribution in [0, 0.1) is 0 Å². The lowest BCUT2D eigenvalue weighted by Crippen LogP contribution is -2.33. The normalized spacial score (nSPS) is 12.2. The average molecular weight is 239 g/mol. The zero-order valence-electron chi connectivity index (χ0n) is 10.5. The van der Waals surface area contributed by atoms with Crippen molar-refractivity contribution in [1.82, 2.24) is 5.32 Å². The molecule has 1 aromatic carbocycles. The summed E-state index contributed by atoms with van der Waals surface area (Å²) in [5.41, 5.74) is 0. The van der Waals surface area contributed by atoms with Crippen LogP contribution in [0.2, 0.25) is 0 Å². The van der Waals surface area contributed by atoms with Gasteiger partial charge in [-0.1, -0.05) is 6.92 Å². The Labute approximate surface area is 103 Å². The number of ether oxygens (including phenoxy) is 2. The van der Waals surface area contributed by atoms with E-state index in [4.69, 9.17) is 14.6 Å². The largest absolute Gasteiger partial charge is 0.497 e. The smallest absolute Gasteiger partial charge is 0.119 e. The van der Waals surface area contributed by atoms with Gasteiger partial charge in [0.15, 0.2) is 0 Å². The van der Waals surface area contributed by atoms with Gasteiger partial charge in [0.25, 0.3) is 0 Å². The van der Waals surface area contributed by atoms with E-state index in [2.05, 4.69) is 5.32 Å². The quantitative estimate of drug-likeness (QED) is 0.720. The maximum absolute atomic E-state index is 9.09. The van der Waals surface area contributed by atoms with Crippen LogP contribution < -0.4 is 14.8 Å². The zero-order valence-corrected chi connectivity index (χ0v) is 10.5. The predicted molar refractivity (Wildman–Crippen MR) is 67.7 cm³/mol. The first-order valence-electron chi connectivity index (χ1n) is 5.91. The second kappa shape index (κ2) is 7.92. The van der Waals surface area contributed by atoms with Crippen LogP contribution in [0.25, 0.3) is 0 Å². The fourth-order valence-electron chi connectivity index (χ4n) is 1.54. The van der Waals surface area contributed by atoms with Gasteiger partial charge in [0.1, 0.15) is 11.5 Å². The minimum absolute atomic E-state index is 0.109. The van der Waals surface area contributed by atoms with Crippen LogP contribution in [-0.4, -0.2) is 38.0 Å². The Hall–Kier alpha value is -1.26. The Morgan fingerprint density at radius 2 is 1.88 bits per heavy atom. The number of rotatable bonds is 8. The van der Waals surface area contributed by atoms with Gasteiger partial charge in [-0.15, -0.1) is 0 Å². The molecule has 2 N–H and O–H groups in total. The third kappa shape index (κ3) is 5.06. The lowest BCUT2D eigenvalue weighted by Gasteiger charge is -2.15. The maximum Gasteiger partial charge on any atom is 0.119 e. The summed E-state index contributed by atoms with van der Waals surface area (Å²) in [6.45, 7) is 3.60. The molecule has 0 fully saturated rings. The number of nitrogens with one attached hydrogen (secondary N) is 1. The molecule has 0 saturated heterocycles. The molecule has 4 nitrogen and oxygen atoms in total. The molecule has 1 aromatic rings. The molecule has 0 radical (unpaired) electrons. The summed E-state index contributed by atoms with van der Waals surface area (Å²) in [5.74, 6) is 1.64. The van der Waals surface area contributed by atoms with Gasteiger partial charge in [-0.25, -0.2) is 0 Å². The second-order valence-corrected chi connectivity index (χ2v) is 3.75. The Kier molecular flexibility index (Phi) is 6.43. The van der Waals surface area contributed by atoms with Crippen molar-refractivity contribution in [2.24, 2.45) is 0 Å². The summed E-state index contributed by atoms with van der Waals surface area (Å²) < 4.78 is 10.6. The number of benzene rings is 1. The van der Waals surface area contributed by atoms with Gasteiger partial charge in [0, 0.05) is 6.04 Å². The Balaban J connectivity index is 2.29. The highest BCUT2D eigenvalue weighted by Crippen LogP contribution is 2.17. The summed E-state index contributed by atoms with van der Waals surface area (Å²) in [7, 11) is 1.64. The van der Waals surface area contributed by atoms with Crippen molar-refractivity contribution >= 4 is 0 Å². The Morgan fingerprint density at radius 1 is 1.24 bits per heavy atom. The Morgan fingerprint density at radius 3 is 2.41 bits per heavy atom. The van der Waals surface area contributed by atoms with Crippen molar-refractivity contribution in [3.05, 3.63) is 24.3 Å². The molecule has 0 spiro atoms. The summed E-state index contributed by atoms with van der Waals surface area (Å²) in [6.07, 6.45) is 0.788. The van der Waals surface area contributed by atoms with Gasteiger partial charge < -0.3 is 19.9 Å². The number of likely N-dealkylation sites (N-methyl/N-ethyl adjacent to an activating group) is 1. The van der Waals surface area contributed by atoms with Crippen LogP contribution in [0.5, 0.6) is 11.5 Å². The molecule has 0 saturated carbocycles. The number of aliphatic hydroxyl groups excluding tert-OH is 1. The third-order valence-corrected chi connectivity index (χ3v) is 2.51. The van der Waals surface area contributed by atoms with E-state index in [9.17, 15) is 0 Å². The third-order valence-electron chi connectivity index (χ3n) is 2.51. The number of hydrogen-bond donors (Lipinski definition) is 2. The SMILES string of the molecule is CCNC(CO)CCOc1ccc(OC)cc1. The van der Waals surface area contributed by atoms with Crippen LogP contribution in [0.3, 0.4) is 0 Å². The molecule has 1 unspecified atom stereocenters. The van der Waals surface area contributed by atoms with E-state index in [1.165, 1.54) is 0 Å². The Bertz CT molecular complexity index is 300. The molecule has 0 amide bonds. The van der Waals surface area contributed by atoms with E-state index >= 15 is 0 Å². The van der Waals surface area contributed by atoms with Crippen molar-refractivity contribution in [2.45, 2.75) is 19.4 Å². The molecule has 0 aliphatic carbocycles. The van der Waals surface area contributed by atoms with Crippen LogP contribution in [0.4, 0.5) is 0 Å². The standard InChI is InChI=1S/C13H21NO3/c1-3-14-11(10-15)8-9-17-13-6-4-12(16-2)5-7-13/h4-7,11,14-15H,3,8-10H2,1-2H3. The molecule has 0 heterocycles. The van der Waals surface area contributed by atoms with Crippen LogP contribution in [0.1, 0.15) is 13.3 Å². The molecule has 0 aliphatic rings. The summed E-state index contributed by atoms with van der Waals surface area (Å²) >= 11 is 0. The van der Waals surface area contributed by atoms with Crippen LogP contribution in [0.15, 0.2) is 24.3 Å². The molecule has 0 aliphatic heterocycles. The van der Waals surface area contributed by atoms with Gasteiger partial charge in [0.2, 0.25) is 0 Å². The monoisotopic (exact) mass is 239 g/mol. The topological polar surface area (TPSA) is 50.7 Å². The van der Waals surface area contributed by atoms with Crippen molar-refractivity contribution in [2.75, 3.05) is 26.9 Å². The molecular formula is C13H21NO3. The van der Waals surface area contributed by atoms with Crippen molar-refractivity contribution < 1.29 is 14.6 Å². The van der Waals surface area contributed by atoms with Gasteiger partial charge in [-0.3, -0.25) is 0 Å². The minimum atomic E-state index is 0.109. The molecule has 0 bridgehead atoms. The first-order valence-corrected chi connectivity index (χ1v) is 5.91. The number of aliphatic hydroxyl groups is 1. The molecule has 96 valence electrons. The fraction of sp³-hybridized carbons (Fsp3) is 0.538. The predicted octanol–water partition coefficient (Wildman–Crippen LogP) is 1.43. The maximum atomic E-state index is 9.09. The first kappa shape index (κ1) is 13.8. The highest BCUT2D eigenvalue weighted by molar-refractivity contribution is 5.31. The van der Waals surface area contributed by atoms with Gasteiger partial charge in [-0.2, -0.15) is 0 Å². The zero-order chi connectivity index (χ0) is 12.5. The summed E-state index contributed by atoms with van der Waals surface area (Å²) in [6, 6.07) is 7.59. The van der Waals surface area contributed by atoms with Gasteiger partial charge >= 0.3 is 0 Å². The second-order valence-electron chi connectivity index (χ2n) is 3.75. The fourth-order valence-corrected chi connectivity index (χ4v) is 1.54. The molecule has 1 rings (SSSR count). The van der Waals surface area contributed by atoms with E-state index in [0.717, 1.165) is 24.5 Å². The number of hydrogen-bond acceptors (Lipinski definition) is 4. The highest BCUT2D eigenvalue weighted by atomic mass is 16.5. The van der Waals surface area contributed by atoms with Gasteiger partial charge in [-0.05, 0) is 37.2 Å². The first-order chi connectivity index (χ1) is 8.30. The summed E-state index contributed by atoms with van der Waals surface area (Å²) in [5, 5.41) is 12.3. The molecule has 17 heavy (non-hydrogen) atoms. The average Bonchev–Trinajstić information content (AvgIpc) is 2.38. The minimum Gasteiger partial charge on any atom is -0.497 e. The molecule has 1 atom stereocenters. The van der Waals surface area contributed by atoms with E-state index in [1.54, 1.807) is 7.11 Å². The van der Waals surface area contributed by atoms with Gasteiger partial charge in [0.05, 0.1) is 20.3 Å². The van der Waals surface area contributed by atoms with Crippen molar-refractivity contribution in [3.63, 3.8) is 0 Å². The van der Waals surface area contributed by atoms with E-state index in [-0.39, 0.29) is 12.6 Å². The molecular weight excluding hydrogens is 218 g/mol. The number of methoxy groups -OCH3 is 1.